The average Bonchev–Trinajstić information content (AvgIpc) is 2.42. The maximum absolute atomic E-state index is 12.6. The second-order valence-electron chi connectivity index (χ2n) is 4.16. The van der Waals surface area contributed by atoms with E-state index in [2.05, 4.69) is 27.6 Å². The average molecular weight is 417 g/mol. The SMILES string of the molecule is O=c1c2cc(I)ccc2nc(Cl)n1-c1ccc(Cl)cc1. The largest absolute Gasteiger partial charge is 0.268 e. The van der Waals surface area contributed by atoms with Crippen LogP contribution >= 0.6 is 45.8 Å². The van der Waals surface area contributed by atoms with E-state index in [-0.39, 0.29) is 10.8 Å². The van der Waals surface area contributed by atoms with Crippen LogP contribution in [-0.4, -0.2) is 9.55 Å². The number of rotatable bonds is 1. The molecule has 3 nitrogen and oxygen atoms in total. The standard InChI is InChI=1S/C14H7Cl2IN2O/c15-8-1-4-10(5-2-8)19-13(20)11-7-9(17)3-6-12(11)18-14(19)16/h1-7H. The van der Waals surface area contributed by atoms with Crippen LogP contribution in [0.25, 0.3) is 16.6 Å². The molecule has 0 unspecified atom stereocenters. The third kappa shape index (κ3) is 2.43. The molecular weight excluding hydrogens is 410 g/mol. The first-order valence-electron chi connectivity index (χ1n) is 5.70. The van der Waals surface area contributed by atoms with Gasteiger partial charge in [0.2, 0.25) is 5.28 Å². The van der Waals surface area contributed by atoms with Gasteiger partial charge in [-0.2, -0.15) is 0 Å². The molecular formula is C14H7Cl2IN2O. The summed E-state index contributed by atoms with van der Waals surface area (Å²) < 4.78 is 2.34. The van der Waals surface area contributed by atoms with E-state index in [1.807, 2.05) is 6.07 Å². The van der Waals surface area contributed by atoms with Gasteiger partial charge in [0.1, 0.15) is 0 Å². The zero-order chi connectivity index (χ0) is 14.3. The van der Waals surface area contributed by atoms with E-state index in [4.69, 9.17) is 23.2 Å². The molecule has 1 heterocycles. The highest BCUT2D eigenvalue weighted by atomic mass is 127. The highest BCUT2D eigenvalue weighted by Crippen LogP contribution is 2.19. The van der Waals surface area contributed by atoms with Gasteiger partial charge in [0.05, 0.1) is 16.6 Å². The van der Waals surface area contributed by atoms with Crippen LogP contribution in [0.3, 0.4) is 0 Å². The summed E-state index contributed by atoms with van der Waals surface area (Å²) in [6.07, 6.45) is 0. The third-order valence-electron chi connectivity index (χ3n) is 2.87. The lowest BCUT2D eigenvalue weighted by molar-refractivity contribution is 0.964. The summed E-state index contributed by atoms with van der Waals surface area (Å²) in [6.45, 7) is 0. The van der Waals surface area contributed by atoms with Gasteiger partial charge in [-0.15, -0.1) is 0 Å². The lowest BCUT2D eigenvalue weighted by Crippen LogP contribution is -2.20. The van der Waals surface area contributed by atoms with Gasteiger partial charge in [-0.25, -0.2) is 4.98 Å². The summed E-state index contributed by atoms with van der Waals surface area (Å²) in [6, 6.07) is 12.4. The van der Waals surface area contributed by atoms with Crippen molar-refractivity contribution in [3.8, 4) is 5.69 Å². The molecule has 0 aliphatic carbocycles. The third-order valence-corrected chi connectivity index (χ3v) is 4.05. The van der Waals surface area contributed by atoms with Crippen LogP contribution in [0.5, 0.6) is 0 Å². The first kappa shape index (κ1) is 13.9. The molecule has 0 atom stereocenters. The van der Waals surface area contributed by atoms with Gasteiger partial charge >= 0.3 is 0 Å². The number of aromatic nitrogens is 2. The molecule has 20 heavy (non-hydrogen) atoms. The van der Waals surface area contributed by atoms with Crippen LogP contribution in [0.2, 0.25) is 10.3 Å². The first-order valence-corrected chi connectivity index (χ1v) is 7.53. The van der Waals surface area contributed by atoms with Crippen molar-refractivity contribution in [3.05, 3.63) is 66.7 Å². The summed E-state index contributed by atoms with van der Waals surface area (Å²) in [5, 5.41) is 1.27. The highest BCUT2D eigenvalue weighted by molar-refractivity contribution is 14.1. The number of hydrogen-bond acceptors (Lipinski definition) is 2. The lowest BCUT2D eigenvalue weighted by Gasteiger charge is -2.09. The Hall–Kier alpha value is -1.11. The number of benzene rings is 2. The Morgan fingerprint density at radius 2 is 1.75 bits per heavy atom. The van der Waals surface area contributed by atoms with Gasteiger partial charge in [-0.3, -0.25) is 9.36 Å². The second kappa shape index (κ2) is 5.35. The molecule has 0 saturated heterocycles. The maximum atomic E-state index is 12.6. The van der Waals surface area contributed by atoms with Gasteiger partial charge in [-0.1, -0.05) is 11.6 Å². The molecule has 0 bridgehead atoms. The minimum Gasteiger partial charge on any atom is -0.268 e. The number of nitrogens with zero attached hydrogens (tertiary/aromatic N) is 2. The van der Waals surface area contributed by atoms with Crippen LogP contribution in [0.15, 0.2) is 47.3 Å². The summed E-state index contributed by atoms with van der Waals surface area (Å²) in [7, 11) is 0. The number of fused-ring (bicyclic) bond motifs is 1. The Morgan fingerprint density at radius 3 is 2.45 bits per heavy atom. The van der Waals surface area contributed by atoms with Crippen LogP contribution in [0, 0.1) is 3.57 Å². The van der Waals surface area contributed by atoms with E-state index in [9.17, 15) is 4.79 Å². The zero-order valence-electron chi connectivity index (χ0n) is 9.98. The van der Waals surface area contributed by atoms with Crippen molar-refractivity contribution in [2.75, 3.05) is 0 Å². The Balaban J connectivity index is 2.36. The quantitative estimate of drug-likeness (QED) is 0.438. The minimum atomic E-state index is -0.194. The molecule has 100 valence electrons. The van der Waals surface area contributed by atoms with Crippen molar-refractivity contribution < 1.29 is 0 Å². The fourth-order valence-corrected chi connectivity index (χ4v) is 2.83. The Morgan fingerprint density at radius 1 is 1.05 bits per heavy atom. The van der Waals surface area contributed by atoms with Gasteiger partial charge in [0.15, 0.2) is 0 Å². The molecule has 3 rings (SSSR count). The van der Waals surface area contributed by atoms with Crippen molar-refractivity contribution in [2.45, 2.75) is 0 Å². The zero-order valence-corrected chi connectivity index (χ0v) is 13.6. The molecule has 0 saturated carbocycles. The van der Waals surface area contributed by atoms with Crippen LogP contribution < -0.4 is 5.56 Å². The molecule has 1 aromatic heterocycles. The van der Waals surface area contributed by atoms with E-state index in [0.717, 1.165) is 3.57 Å². The Kier molecular flexibility index (Phi) is 3.70. The molecule has 3 aromatic rings. The smallest absolute Gasteiger partial charge is 0.266 e. The summed E-state index contributed by atoms with van der Waals surface area (Å²) in [5.41, 5.74) is 1.03. The summed E-state index contributed by atoms with van der Waals surface area (Å²) in [4.78, 5) is 16.9. The molecule has 0 aliphatic rings. The van der Waals surface area contributed by atoms with E-state index >= 15 is 0 Å². The fourth-order valence-electron chi connectivity index (χ4n) is 1.94. The Labute approximate surface area is 138 Å². The maximum Gasteiger partial charge on any atom is 0.266 e. The lowest BCUT2D eigenvalue weighted by atomic mass is 10.2. The number of hydrogen-bond donors (Lipinski definition) is 0. The van der Waals surface area contributed by atoms with E-state index in [1.54, 1.807) is 36.4 Å². The van der Waals surface area contributed by atoms with Gasteiger partial charge in [-0.05, 0) is 76.7 Å². The molecule has 6 heteroatoms. The second-order valence-corrected chi connectivity index (χ2v) is 6.18. The predicted octanol–water partition coefficient (Wildman–Crippen LogP) is 4.30. The number of halogens is 3. The van der Waals surface area contributed by atoms with Crippen LogP contribution in [-0.2, 0) is 0 Å². The fraction of sp³-hybridized carbons (Fsp3) is 0. The van der Waals surface area contributed by atoms with Crippen molar-refractivity contribution >= 4 is 56.7 Å². The Bertz CT molecular complexity index is 859. The monoisotopic (exact) mass is 416 g/mol. The van der Waals surface area contributed by atoms with E-state index in [1.165, 1.54) is 4.57 Å². The first-order chi connectivity index (χ1) is 9.56. The van der Waals surface area contributed by atoms with Crippen LogP contribution in [0.1, 0.15) is 0 Å². The minimum absolute atomic E-state index is 0.131. The molecule has 2 aromatic carbocycles. The highest BCUT2D eigenvalue weighted by Gasteiger charge is 2.11. The molecule has 0 spiro atoms. The van der Waals surface area contributed by atoms with Gasteiger partial charge in [0.25, 0.3) is 5.56 Å². The molecule has 0 N–H and O–H groups in total. The molecule has 0 aliphatic heterocycles. The molecule has 0 radical (unpaired) electrons. The van der Waals surface area contributed by atoms with Gasteiger partial charge in [0, 0.05) is 8.59 Å². The predicted molar refractivity (Wildman–Crippen MR) is 90.1 cm³/mol. The van der Waals surface area contributed by atoms with Crippen molar-refractivity contribution in [2.24, 2.45) is 0 Å². The summed E-state index contributed by atoms with van der Waals surface area (Å²) >= 11 is 14.2. The van der Waals surface area contributed by atoms with Crippen LogP contribution in [0.4, 0.5) is 0 Å². The van der Waals surface area contributed by atoms with Crippen molar-refractivity contribution in [3.63, 3.8) is 0 Å². The molecule has 0 fully saturated rings. The van der Waals surface area contributed by atoms with Gasteiger partial charge < -0.3 is 0 Å². The van der Waals surface area contributed by atoms with Crippen molar-refractivity contribution in [1.82, 2.24) is 9.55 Å². The molecule has 0 amide bonds. The topological polar surface area (TPSA) is 34.9 Å². The van der Waals surface area contributed by atoms with E-state index in [0.29, 0.717) is 21.6 Å². The summed E-state index contributed by atoms with van der Waals surface area (Å²) in [5.74, 6) is 0. The van der Waals surface area contributed by atoms with Crippen molar-refractivity contribution in [1.29, 1.82) is 0 Å². The van der Waals surface area contributed by atoms with E-state index < -0.39 is 0 Å². The normalized spacial score (nSPS) is 10.9.